The molecule has 1 N–H and O–H groups in total. The lowest BCUT2D eigenvalue weighted by molar-refractivity contribution is 0.518. The van der Waals surface area contributed by atoms with Crippen molar-refractivity contribution in [1.82, 2.24) is 44.5 Å². The van der Waals surface area contributed by atoms with Crippen LogP contribution in [0.4, 0.5) is 0 Å². The normalized spacial score (nSPS) is 11.5. The van der Waals surface area contributed by atoms with E-state index in [1.165, 1.54) is 0 Å². The van der Waals surface area contributed by atoms with Gasteiger partial charge in [-0.3, -0.25) is 14.1 Å². The molecule has 4 aromatic heterocycles. The van der Waals surface area contributed by atoms with Gasteiger partial charge in [-0.05, 0) is 48.7 Å². The first-order valence-electron chi connectivity index (χ1n) is 12.3. The molecule has 0 atom stereocenters. The quantitative estimate of drug-likeness (QED) is 0.303. The molecule has 0 saturated heterocycles. The molecule has 4 heterocycles. The van der Waals surface area contributed by atoms with Crippen molar-refractivity contribution in [2.75, 3.05) is 0 Å². The summed E-state index contributed by atoms with van der Waals surface area (Å²) in [5, 5.41) is 19.0. The van der Waals surface area contributed by atoms with Gasteiger partial charge < -0.3 is 0 Å². The molecule has 5 aromatic rings. The van der Waals surface area contributed by atoms with Crippen LogP contribution in [0, 0.1) is 0 Å². The summed E-state index contributed by atoms with van der Waals surface area (Å²) in [5.41, 5.74) is 4.29. The second-order valence-electron chi connectivity index (χ2n) is 9.16. The van der Waals surface area contributed by atoms with Crippen molar-refractivity contribution in [3.05, 3.63) is 81.8 Å². The lowest BCUT2D eigenvalue weighted by Crippen LogP contribution is -2.26. The fourth-order valence-corrected chi connectivity index (χ4v) is 4.61. The predicted octanol–water partition coefficient (Wildman–Crippen LogP) is 4.70. The second-order valence-corrected chi connectivity index (χ2v) is 9.57. The summed E-state index contributed by atoms with van der Waals surface area (Å²) in [6, 6.07) is 11.8. The Morgan fingerprint density at radius 2 is 1.89 bits per heavy atom. The number of halogens is 1. The maximum absolute atomic E-state index is 13.6. The largest absolute Gasteiger partial charge is 0.334 e. The number of nitrogens with one attached hydrogen (secondary N) is 1. The Morgan fingerprint density at radius 3 is 2.57 bits per heavy atom. The van der Waals surface area contributed by atoms with Gasteiger partial charge in [0, 0.05) is 35.3 Å². The van der Waals surface area contributed by atoms with E-state index in [-0.39, 0.29) is 11.7 Å². The molecule has 0 aliphatic rings. The first kappa shape index (κ1) is 24.6. The van der Waals surface area contributed by atoms with Gasteiger partial charge >= 0.3 is 5.69 Å². The zero-order valence-corrected chi connectivity index (χ0v) is 21.7. The smallest absolute Gasteiger partial charge is 0.292 e. The van der Waals surface area contributed by atoms with E-state index in [4.69, 9.17) is 16.6 Å². The van der Waals surface area contributed by atoms with Crippen LogP contribution < -0.4 is 5.69 Å². The van der Waals surface area contributed by atoms with Crippen LogP contribution in [-0.4, -0.2) is 44.5 Å². The molecule has 0 fully saturated rings. The topological polar surface area (TPSA) is 112 Å². The van der Waals surface area contributed by atoms with Crippen LogP contribution in [0.1, 0.15) is 50.9 Å². The Balaban J connectivity index is 1.49. The van der Waals surface area contributed by atoms with E-state index in [9.17, 15) is 4.79 Å². The SMILES string of the molecule is CCCCc1cn(-c2c(Cl)cnn2C(C)C)c(=O)n1Cc1ccc(-c2ccccc2-c2nnn[nH]2)nc1. The molecule has 0 spiro atoms. The van der Waals surface area contributed by atoms with E-state index in [1.54, 1.807) is 20.0 Å². The number of benzene rings is 1. The number of aromatic nitrogens is 9. The maximum atomic E-state index is 13.6. The van der Waals surface area contributed by atoms with E-state index >= 15 is 0 Å². The highest BCUT2D eigenvalue weighted by atomic mass is 35.5. The molecule has 0 aliphatic heterocycles. The molecule has 1 aromatic carbocycles. The van der Waals surface area contributed by atoms with E-state index in [2.05, 4.69) is 32.6 Å². The number of aromatic amines is 1. The molecule has 0 saturated carbocycles. The number of unbranched alkanes of at least 4 members (excludes halogenated alkanes) is 1. The lowest BCUT2D eigenvalue weighted by Gasteiger charge is -2.11. The Bertz CT molecular complexity index is 1550. The Kier molecular flexibility index (Phi) is 7.00. The fraction of sp³-hybridized carbons (Fsp3) is 0.308. The third-order valence-corrected chi connectivity index (χ3v) is 6.53. The minimum absolute atomic E-state index is 0.0594. The van der Waals surface area contributed by atoms with Gasteiger partial charge in [-0.25, -0.2) is 14.6 Å². The summed E-state index contributed by atoms with van der Waals surface area (Å²) >= 11 is 6.47. The van der Waals surface area contributed by atoms with Crippen LogP contribution in [-0.2, 0) is 13.0 Å². The van der Waals surface area contributed by atoms with Crippen molar-refractivity contribution >= 4 is 11.6 Å². The van der Waals surface area contributed by atoms with Crippen molar-refractivity contribution in [3.8, 4) is 28.5 Å². The minimum atomic E-state index is -0.150. The average Bonchev–Trinajstić information content (AvgIpc) is 3.64. The van der Waals surface area contributed by atoms with E-state index in [0.29, 0.717) is 23.2 Å². The number of imidazole rings is 1. The van der Waals surface area contributed by atoms with Crippen LogP contribution in [0.15, 0.2) is 59.8 Å². The predicted molar refractivity (Wildman–Crippen MR) is 142 cm³/mol. The lowest BCUT2D eigenvalue weighted by atomic mass is 10.0. The van der Waals surface area contributed by atoms with Gasteiger partial charge in [0.05, 0.1) is 18.4 Å². The van der Waals surface area contributed by atoms with Crippen molar-refractivity contribution < 1.29 is 0 Å². The summed E-state index contributed by atoms with van der Waals surface area (Å²) in [5.74, 6) is 1.17. The van der Waals surface area contributed by atoms with Crippen LogP contribution in [0.3, 0.4) is 0 Å². The van der Waals surface area contributed by atoms with Crippen LogP contribution in [0.25, 0.3) is 28.5 Å². The molecule has 0 aliphatic carbocycles. The fourth-order valence-electron chi connectivity index (χ4n) is 4.39. The number of rotatable bonds is 9. The third-order valence-electron chi connectivity index (χ3n) is 6.26. The molecule has 5 rings (SSSR count). The summed E-state index contributed by atoms with van der Waals surface area (Å²) in [6.07, 6.45) is 8.08. The maximum Gasteiger partial charge on any atom is 0.334 e. The highest BCUT2D eigenvalue weighted by Crippen LogP contribution is 2.28. The number of hydrogen-bond donors (Lipinski definition) is 1. The van der Waals surface area contributed by atoms with E-state index < -0.39 is 0 Å². The monoisotopic (exact) mass is 517 g/mol. The summed E-state index contributed by atoms with van der Waals surface area (Å²) < 4.78 is 5.19. The number of H-pyrrole nitrogens is 1. The molecule has 190 valence electrons. The van der Waals surface area contributed by atoms with Crippen molar-refractivity contribution in [2.45, 2.75) is 52.6 Å². The zero-order valence-electron chi connectivity index (χ0n) is 21.0. The molecule has 11 heteroatoms. The van der Waals surface area contributed by atoms with Crippen LogP contribution in [0.2, 0.25) is 5.02 Å². The van der Waals surface area contributed by atoms with E-state index in [1.807, 2.05) is 62.6 Å². The Hall–Kier alpha value is -4.05. The molecule has 0 radical (unpaired) electrons. The zero-order chi connectivity index (χ0) is 25.9. The number of hydrogen-bond acceptors (Lipinski definition) is 6. The van der Waals surface area contributed by atoms with Gasteiger partial charge in [0.25, 0.3) is 0 Å². The van der Waals surface area contributed by atoms with Crippen molar-refractivity contribution in [3.63, 3.8) is 0 Å². The highest BCUT2D eigenvalue weighted by Gasteiger charge is 2.20. The van der Waals surface area contributed by atoms with Crippen LogP contribution in [0.5, 0.6) is 0 Å². The van der Waals surface area contributed by atoms with Crippen LogP contribution >= 0.6 is 11.6 Å². The molecule has 0 amide bonds. The minimum Gasteiger partial charge on any atom is -0.292 e. The molecular formula is C26H28ClN9O. The van der Waals surface area contributed by atoms with E-state index in [0.717, 1.165) is 47.3 Å². The number of pyridine rings is 1. The van der Waals surface area contributed by atoms with Crippen molar-refractivity contribution in [2.24, 2.45) is 0 Å². The molecular weight excluding hydrogens is 490 g/mol. The number of aryl methyl sites for hydroxylation is 1. The van der Waals surface area contributed by atoms with Gasteiger partial charge in [-0.2, -0.15) is 5.10 Å². The van der Waals surface area contributed by atoms with Gasteiger partial charge in [0.15, 0.2) is 11.6 Å². The second kappa shape index (κ2) is 10.5. The number of tetrazole rings is 1. The summed E-state index contributed by atoms with van der Waals surface area (Å²) in [7, 11) is 0. The van der Waals surface area contributed by atoms with Gasteiger partial charge in [-0.1, -0.05) is 55.3 Å². The van der Waals surface area contributed by atoms with Gasteiger partial charge in [0.1, 0.15) is 5.02 Å². The molecule has 0 bridgehead atoms. The van der Waals surface area contributed by atoms with Crippen molar-refractivity contribution in [1.29, 1.82) is 0 Å². The average molecular weight is 518 g/mol. The summed E-state index contributed by atoms with van der Waals surface area (Å²) in [4.78, 5) is 18.3. The highest BCUT2D eigenvalue weighted by molar-refractivity contribution is 6.32. The van der Waals surface area contributed by atoms with Gasteiger partial charge in [-0.15, -0.1) is 5.10 Å². The Labute approximate surface area is 218 Å². The molecule has 0 unspecified atom stereocenters. The first-order valence-corrected chi connectivity index (χ1v) is 12.7. The standard InChI is InChI=1S/C26H28ClN9O/c1-4-5-8-19-16-35(25-22(27)14-29-36(25)17(2)3)26(37)34(19)15-18-11-12-23(28-13-18)20-9-6-7-10-21(20)24-30-32-33-31-24/h6-7,9-14,16-17H,4-5,8,15H2,1-3H3,(H,30,31,32,33). The third kappa shape index (κ3) is 4.84. The number of nitrogens with zero attached hydrogens (tertiary/aromatic N) is 8. The summed E-state index contributed by atoms with van der Waals surface area (Å²) in [6.45, 7) is 6.56. The molecule has 37 heavy (non-hydrogen) atoms. The molecule has 10 nitrogen and oxygen atoms in total. The Morgan fingerprint density at radius 1 is 1.08 bits per heavy atom. The van der Waals surface area contributed by atoms with Gasteiger partial charge in [0.2, 0.25) is 0 Å². The first-order chi connectivity index (χ1) is 18.0.